The smallest absolute Gasteiger partial charge is 0.292 e. The molecule has 3 rings (SSSR count). The number of H-pyrrole nitrogens is 1. The van der Waals surface area contributed by atoms with Gasteiger partial charge in [0.25, 0.3) is 11.8 Å². The molecule has 0 radical (unpaired) electrons. The van der Waals surface area contributed by atoms with Crippen LogP contribution < -0.4 is 5.73 Å². The first-order valence-corrected chi connectivity index (χ1v) is 5.76. The minimum Gasteiger partial charge on any atom is -0.368 e. The van der Waals surface area contributed by atoms with Crippen molar-refractivity contribution in [2.24, 2.45) is 0 Å². The summed E-state index contributed by atoms with van der Waals surface area (Å²) in [5.41, 5.74) is 5.59. The van der Waals surface area contributed by atoms with Crippen LogP contribution in [0.2, 0.25) is 0 Å². The van der Waals surface area contributed by atoms with E-state index in [4.69, 9.17) is 17.4 Å². The fourth-order valence-corrected chi connectivity index (χ4v) is 1.50. The van der Waals surface area contributed by atoms with Crippen molar-refractivity contribution in [1.29, 1.82) is 5.26 Å². The van der Waals surface area contributed by atoms with E-state index >= 15 is 0 Å². The Morgan fingerprint density at radius 1 is 1.18 bits per heavy atom. The second-order valence-electron chi connectivity index (χ2n) is 3.85. The third-order valence-electron chi connectivity index (χ3n) is 2.42. The number of aromatic nitrogens is 10. The number of nitrogens with one attached hydrogen (secondary N) is 1. The first-order chi connectivity index (χ1) is 10.7. The summed E-state index contributed by atoms with van der Waals surface area (Å²) < 4.78 is 1.06. The van der Waals surface area contributed by atoms with Crippen LogP contribution >= 0.6 is 0 Å². The SMILES string of the molecule is C#Cc1nc(Cc2nnc(-n3nc(C#N)nc3N)nn2)n[nH]1. The van der Waals surface area contributed by atoms with Crippen molar-refractivity contribution in [2.75, 3.05) is 5.73 Å². The highest BCUT2D eigenvalue weighted by molar-refractivity contribution is 5.28. The zero-order chi connectivity index (χ0) is 15.5. The molecule has 0 bridgehead atoms. The number of nitrogens with two attached hydrogens (primary N) is 1. The van der Waals surface area contributed by atoms with E-state index in [0.717, 1.165) is 4.68 Å². The van der Waals surface area contributed by atoms with Gasteiger partial charge in [0.2, 0.25) is 11.8 Å². The predicted octanol–water partition coefficient (Wildman–Crippen LogP) is -2.01. The zero-order valence-corrected chi connectivity index (χ0v) is 10.8. The van der Waals surface area contributed by atoms with Crippen LogP contribution in [-0.2, 0) is 6.42 Å². The summed E-state index contributed by atoms with van der Waals surface area (Å²) in [7, 11) is 0. The van der Waals surface area contributed by atoms with Gasteiger partial charge in [-0.25, -0.2) is 4.98 Å². The van der Waals surface area contributed by atoms with E-state index in [1.54, 1.807) is 6.07 Å². The second-order valence-corrected chi connectivity index (χ2v) is 3.85. The van der Waals surface area contributed by atoms with Crippen LogP contribution in [0.1, 0.15) is 23.3 Å². The van der Waals surface area contributed by atoms with Gasteiger partial charge < -0.3 is 5.73 Å². The number of terminal acetylenes is 1. The molecule has 0 saturated carbocycles. The summed E-state index contributed by atoms with van der Waals surface area (Å²) >= 11 is 0. The van der Waals surface area contributed by atoms with Crippen LogP contribution in [0.5, 0.6) is 0 Å². The van der Waals surface area contributed by atoms with E-state index < -0.39 is 0 Å². The molecule has 0 fully saturated rings. The molecule has 3 aromatic rings. The summed E-state index contributed by atoms with van der Waals surface area (Å²) in [5.74, 6) is 3.18. The summed E-state index contributed by atoms with van der Waals surface area (Å²) in [6.45, 7) is 0. The Morgan fingerprint density at radius 3 is 2.55 bits per heavy atom. The number of nitrogen functional groups attached to an aromatic ring is 1. The lowest BCUT2D eigenvalue weighted by Gasteiger charge is -1.98. The summed E-state index contributed by atoms with van der Waals surface area (Å²) in [5, 5.41) is 34.3. The molecule has 0 aliphatic carbocycles. The average molecular weight is 294 g/mol. The Bertz CT molecular complexity index is 889. The third-order valence-corrected chi connectivity index (χ3v) is 2.42. The molecule has 3 N–H and O–H groups in total. The predicted molar refractivity (Wildman–Crippen MR) is 68.8 cm³/mol. The van der Waals surface area contributed by atoms with E-state index in [0.29, 0.717) is 11.6 Å². The van der Waals surface area contributed by atoms with Gasteiger partial charge in [-0.05, 0) is 5.92 Å². The van der Waals surface area contributed by atoms with Crippen molar-refractivity contribution >= 4 is 5.95 Å². The van der Waals surface area contributed by atoms with Crippen molar-refractivity contribution < 1.29 is 0 Å². The van der Waals surface area contributed by atoms with E-state index in [1.807, 2.05) is 0 Å². The highest BCUT2D eigenvalue weighted by Crippen LogP contribution is 2.05. The molecule has 106 valence electrons. The first kappa shape index (κ1) is 13.1. The second kappa shape index (κ2) is 5.22. The molecule has 0 amide bonds. The van der Waals surface area contributed by atoms with Crippen LogP contribution in [0.3, 0.4) is 0 Å². The molecular weight excluding hydrogens is 288 g/mol. The highest BCUT2D eigenvalue weighted by atomic mass is 15.5. The van der Waals surface area contributed by atoms with Crippen molar-refractivity contribution in [1.82, 2.24) is 50.3 Å². The lowest BCUT2D eigenvalue weighted by atomic mass is 10.4. The van der Waals surface area contributed by atoms with Crippen LogP contribution in [0.4, 0.5) is 5.95 Å². The van der Waals surface area contributed by atoms with Gasteiger partial charge in [-0.3, -0.25) is 5.10 Å². The summed E-state index contributed by atoms with van der Waals surface area (Å²) in [6.07, 6.45) is 5.38. The Hall–Kier alpha value is -3.93. The van der Waals surface area contributed by atoms with Crippen LogP contribution in [0.25, 0.3) is 5.95 Å². The van der Waals surface area contributed by atoms with Gasteiger partial charge in [-0.1, -0.05) is 0 Å². The fraction of sp³-hybridized carbons (Fsp3) is 0.100. The summed E-state index contributed by atoms with van der Waals surface area (Å²) in [4.78, 5) is 7.71. The number of rotatable bonds is 3. The van der Waals surface area contributed by atoms with E-state index in [9.17, 15) is 0 Å². The minimum absolute atomic E-state index is 0.00505. The number of aromatic amines is 1. The molecule has 22 heavy (non-hydrogen) atoms. The highest BCUT2D eigenvalue weighted by Gasteiger charge is 2.13. The van der Waals surface area contributed by atoms with E-state index in [2.05, 4.69) is 51.6 Å². The molecule has 12 heteroatoms. The standard InChI is InChI=1S/C10H6N12/c1-2-5-13-6(16-15-5)3-7-17-19-10(20-18-7)22-9(12)14-8(4-11)21-22/h1H,3H2,(H2,12,14,21)(H,13,15,16). The number of hydrogen-bond donors (Lipinski definition) is 2. The van der Waals surface area contributed by atoms with Gasteiger partial charge in [-0.2, -0.15) is 20.0 Å². The van der Waals surface area contributed by atoms with Crippen molar-refractivity contribution in [3.8, 4) is 24.4 Å². The molecule has 0 aliphatic heterocycles. The number of nitriles is 1. The normalized spacial score (nSPS) is 10.1. The molecule has 3 aromatic heterocycles. The Morgan fingerprint density at radius 2 is 1.95 bits per heavy atom. The Kier molecular flexibility index (Phi) is 3.10. The molecule has 3 heterocycles. The van der Waals surface area contributed by atoms with Gasteiger partial charge in [0, 0.05) is 0 Å². The van der Waals surface area contributed by atoms with Gasteiger partial charge in [0.1, 0.15) is 6.07 Å². The van der Waals surface area contributed by atoms with Gasteiger partial charge in [0.15, 0.2) is 11.6 Å². The molecule has 0 unspecified atom stereocenters. The van der Waals surface area contributed by atoms with Crippen molar-refractivity contribution in [3.05, 3.63) is 23.3 Å². The maximum atomic E-state index is 8.71. The van der Waals surface area contributed by atoms with Crippen LogP contribution in [0.15, 0.2) is 0 Å². The number of nitrogens with zero attached hydrogens (tertiary/aromatic N) is 10. The zero-order valence-electron chi connectivity index (χ0n) is 10.8. The molecule has 0 atom stereocenters. The topological polar surface area (TPSA) is 174 Å². The molecule has 0 aromatic carbocycles. The Labute approximate surface area is 122 Å². The van der Waals surface area contributed by atoms with Crippen LogP contribution in [-0.4, -0.2) is 50.3 Å². The van der Waals surface area contributed by atoms with Crippen molar-refractivity contribution in [2.45, 2.75) is 6.42 Å². The Balaban J connectivity index is 1.82. The lowest BCUT2D eigenvalue weighted by Crippen LogP contribution is -2.12. The minimum atomic E-state index is -0.104. The largest absolute Gasteiger partial charge is 0.368 e. The number of hydrogen-bond acceptors (Lipinski definition) is 10. The van der Waals surface area contributed by atoms with Crippen LogP contribution in [0, 0.1) is 23.7 Å². The molecule has 0 saturated heterocycles. The maximum Gasteiger partial charge on any atom is 0.292 e. The van der Waals surface area contributed by atoms with E-state index in [-0.39, 0.29) is 30.0 Å². The molecular formula is C10H6N12. The first-order valence-electron chi connectivity index (χ1n) is 5.76. The maximum absolute atomic E-state index is 8.71. The van der Waals surface area contributed by atoms with Gasteiger partial charge >= 0.3 is 0 Å². The fourth-order valence-electron chi connectivity index (χ4n) is 1.50. The average Bonchev–Trinajstić information content (AvgIpc) is 3.14. The van der Waals surface area contributed by atoms with E-state index in [1.165, 1.54) is 0 Å². The lowest BCUT2D eigenvalue weighted by molar-refractivity contribution is 0.694. The van der Waals surface area contributed by atoms with Crippen molar-refractivity contribution in [3.63, 3.8) is 0 Å². The molecule has 12 nitrogen and oxygen atoms in total. The quantitative estimate of drug-likeness (QED) is 0.513. The molecule has 0 aliphatic rings. The molecule has 0 spiro atoms. The summed E-state index contributed by atoms with van der Waals surface area (Å²) in [6, 6.07) is 1.75. The van der Waals surface area contributed by atoms with Gasteiger partial charge in [-0.15, -0.1) is 31.9 Å². The monoisotopic (exact) mass is 294 g/mol. The third kappa shape index (κ3) is 2.39. The van der Waals surface area contributed by atoms with Gasteiger partial charge in [0.05, 0.1) is 6.42 Å². The number of anilines is 1.